The second-order valence-corrected chi connectivity index (χ2v) is 10.9. The number of rotatable bonds is 9. The van der Waals surface area contributed by atoms with Crippen molar-refractivity contribution < 1.29 is 29.3 Å². The smallest absolute Gasteiger partial charge is 0.410 e. The van der Waals surface area contributed by atoms with E-state index in [1.165, 1.54) is 17.0 Å². The second kappa shape index (κ2) is 10.9. The Hall–Kier alpha value is -3.39. The molecule has 37 heavy (non-hydrogen) atoms. The Morgan fingerprint density at radius 1 is 1.08 bits per heavy atom. The van der Waals surface area contributed by atoms with Gasteiger partial charge >= 0.3 is 6.09 Å². The van der Waals surface area contributed by atoms with E-state index in [1.54, 1.807) is 32.9 Å². The van der Waals surface area contributed by atoms with Gasteiger partial charge in [-0.15, -0.1) is 0 Å². The summed E-state index contributed by atoms with van der Waals surface area (Å²) in [5, 5.41) is 20.4. The number of hydrogen-bond acceptors (Lipinski definition) is 6. The molecule has 0 aliphatic carbocycles. The number of Topliss-reactive ketones (excluding diaryl/α,β-unsaturated/α-hetero) is 1. The van der Waals surface area contributed by atoms with Crippen molar-refractivity contribution in [3.63, 3.8) is 0 Å². The van der Waals surface area contributed by atoms with Crippen molar-refractivity contribution in [2.75, 3.05) is 24.5 Å². The third-order valence-electron chi connectivity index (χ3n) is 6.76. The van der Waals surface area contributed by atoms with Crippen molar-refractivity contribution >= 4 is 23.5 Å². The Labute approximate surface area is 217 Å². The highest BCUT2D eigenvalue weighted by Gasteiger charge is 2.32. The van der Waals surface area contributed by atoms with E-state index < -0.39 is 17.8 Å². The fraction of sp³-hybridized carbons (Fsp3) is 0.483. The van der Waals surface area contributed by atoms with E-state index in [4.69, 9.17) is 4.74 Å². The Balaban J connectivity index is 1.36. The molecule has 1 atom stereocenters. The first-order valence-corrected chi connectivity index (χ1v) is 13.0. The number of aliphatic hydroxyl groups is 1. The number of carbonyl (C=O) groups excluding carboxylic acids is 3. The van der Waals surface area contributed by atoms with Crippen LogP contribution in [-0.4, -0.2) is 58.1 Å². The molecule has 0 fully saturated rings. The maximum Gasteiger partial charge on any atom is 0.410 e. The predicted octanol–water partition coefficient (Wildman–Crippen LogP) is 4.55. The molecule has 2 amide bonds. The summed E-state index contributed by atoms with van der Waals surface area (Å²) in [5.41, 5.74) is 3.67. The van der Waals surface area contributed by atoms with E-state index >= 15 is 0 Å². The summed E-state index contributed by atoms with van der Waals surface area (Å²) in [7, 11) is 0. The zero-order valence-corrected chi connectivity index (χ0v) is 21.8. The van der Waals surface area contributed by atoms with Gasteiger partial charge in [0.25, 0.3) is 0 Å². The van der Waals surface area contributed by atoms with Crippen molar-refractivity contribution in [2.45, 2.75) is 71.0 Å². The molecular formula is C29H36N2O6. The van der Waals surface area contributed by atoms with E-state index in [-0.39, 0.29) is 24.0 Å². The number of aryl methyl sites for hydroxylation is 1. The van der Waals surface area contributed by atoms with Gasteiger partial charge in [-0.05, 0) is 87.4 Å². The molecule has 4 rings (SSSR count). The van der Waals surface area contributed by atoms with Crippen molar-refractivity contribution in [1.29, 1.82) is 0 Å². The molecule has 1 unspecified atom stereocenters. The maximum atomic E-state index is 13.0. The zero-order valence-electron chi connectivity index (χ0n) is 21.8. The number of nitrogens with zero attached hydrogens (tertiary/aromatic N) is 2. The number of ketones is 1. The fourth-order valence-electron chi connectivity index (χ4n) is 4.98. The quantitative estimate of drug-likeness (QED) is 0.380. The Morgan fingerprint density at radius 2 is 1.81 bits per heavy atom. The minimum atomic E-state index is -0.990. The van der Waals surface area contributed by atoms with Crippen LogP contribution < -0.4 is 4.90 Å². The summed E-state index contributed by atoms with van der Waals surface area (Å²) in [6, 6.07) is 10.2. The van der Waals surface area contributed by atoms with Crippen LogP contribution in [0.15, 0.2) is 36.4 Å². The highest BCUT2D eigenvalue weighted by atomic mass is 16.6. The lowest BCUT2D eigenvalue weighted by Crippen LogP contribution is -2.39. The van der Waals surface area contributed by atoms with Gasteiger partial charge < -0.3 is 24.7 Å². The SMILES string of the molecule is CC(C)(C)OC(=O)N(CCCCC(=O)c1cc2c3c(c1)CCN3C(=O)CC2)CC(O)c1cccc(O)c1. The third-order valence-corrected chi connectivity index (χ3v) is 6.76. The van der Waals surface area contributed by atoms with Gasteiger partial charge in [0.05, 0.1) is 18.3 Å². The van der Waals surface area contributed by atoms with Crippen LogP contribution in [0.2, 0.25) is 0 Å². The van der Waals surface area contributed by atoms with Gasteiger partial charge in [-0.2, -0.15) is 0 Å². The highest BCUT2D eigenvalue weighted by Crippen LogP contribution is 2.37. The maximum absolute atomic E-state index is 13.0. The normalized spacial score (nSPS) is 15.4. The second-order valence-electron chi connectivity index (χ2n) is 10.9. The summed E-state index contributed by atoms with van der Waals surface area (Å²) in [6.07, 6.45) is 1.91. The third kappa shape index (κ3) is 6.49. The number of anilines is 1. The van der Waals surface area contributed by atoms with Gasteiger partial charge in [-0.1, -0.05) is 12.1 Å². The number of aromatic hydroxyl groups is 1. The van der Waals surface area contributed by atoms with Gasteiger partial charge in [0.1, 0.15) is 11.4 Å². The summed E-state index contributed by atoms with van der Waals surface area (Å²) < 4.78 is 5.53. The lowest BCUT2D eigenvalue weighted by molar-refractivity contribution is -0.118. The number of amides is 2. The number of unbranched alkanes of at least 4 members (excludes halogenated alkanes) is 1. The predicted molar refractivity (Wildman–Crippen MR) is 140 cm³/mol. The van der Waals surface area contributed by atoms with Crippen molar-refractivity contribution in [3.05, 3.63) is 58.7 Å². The molecule has 2 heterocycles. The molecule has 0 radical (unpaired) electrons. The van der Waals surface area contributed by atoms with Gasteiger partial charge in [0.2, 0.25) is 5.91 Å². The Kier molecular flexibility index (Phi) is 7.87. The van der Waals surface area contributed by atoms with Gasteiger partial charge in [0.15, 0.2) is 5.78 Å². The molecule has 2 aliphatic heterocycles. The molecule has 2 aromatic carbocycles. The topological polar surface area (TPSA) is 107 Å². The van der Waals surface area contributed by atoms with Gasteiger partial charge in [-0.3, -0.25) is 9.59 Å². The number of phenolic OH excluding ortho intramolecular Hbond substituents is 1. The Bertz CT molecular complexity index is 1190. The monoisotopic (exact) mass is 508 g/mol. The summed E-state index contributed by atoms with van der Waals surface area (Å²) >= 11 is 0. The standard InChI is InChI=1S/C29H36N2O6/c1-29(2,3)37-28(36)30(18-25(34)19-7-6-8-23(32)17-19)13-5-4-9-24(33)22-15-20-10-11-26(35)31-14-12-21(16-22)27(20)31/h6-8,15-17,25,32,34H,4-5,9-14,18H2,1-3H3. The molecule has 2 N–H and O–H groups in total. The Morgan fingerprint density at radius 3 is 2.51 bits per heavy atom. The first kappa shape index (κ1) is 26.7. The molecule has 0 aromatic heterocycles. The van der Waals surface area contributed by atoms with Gasteiger partial charge in [-0.25, -0.2) is 4.79 Å². The van der Waals surface area contributed by atoms with Crippen LogP contribution >= 0.6 is 0 Å². The lowest BCUT2D eigenvalue weighted by Gasteiger charge is -2.29. The first-order chi connectivity index (χ1) is 17.5. The highest BCUT2D eigenvalue weighted by molar-refractivity contribution is 6.02. The number of aliphatic hydroxyl groups excluding tert-OH is 1. The van der Waals surface area contributed by atoms with Crippen LogP contribution in [0.5, 0.6) is 5.75 Å². The van der Waals surface area contributed by atoms with Crippen molar-refractivity contribution in [1.82, 2.24) is 4.90 Å². The first-order valence-electron chi connectivity index (χ1n) is 13.0. The number of benzene rings is 2. The van der Waals surface area contributed by atoms with Crippen molar-refractivity contribution in [3.8, 4) is 5.75 Å². The molecule has 0 spiro atoms. The summed E-state index contributed by atoms with van der Waals surface area (Å²) in [6.45, 7) is 6.37. The molecular weight excluding hydrogens is 472 g/mol. The zero-order chi connectivity index (χ0) is 26.7. The van der Waals surface area contributed by atoms with Crippen LogP contribution in [-0.2, 0) is 22.4 Å². The molecule has 0 saturated carbocycles. The van der Waals surface area contributed by atoms with Crippen molar-refractivity contribution in [2.24, 2.45) is 0 Å². The molecule has 0 saturated heterocycles. The van der Waals surface area contributed by atoms with Crippen LogP contribution in [0.3, 0.4) is 0 Å². The number of phenols is 1. The molecule has 8 heteroatoms. The van der Waals surface area contributed by atoms with E-state index in [2.05, 4.69) is 0 Å². The molecule has 8 nitrogen and oxygen atoms in total. The van der Waals surface area contributed by atoms with Crippen LogP contribution in [0, 0.1) is 0 Å². The molecule has 0 bridgehead atoms. The van der Waals surface area contributed by atoms with E-state index in [1.807, 2.05) is 17.0 Å². The van der Waals surface area contributed by atoms with E-state index in [0.29, 0.717) is 56.3 Å². The molecule has 2 aliphatic rings. The molecule has 2 aromatic rings. The average Bonchev–Trinajstić information content (AvgIpc) is 3.27. The van der Waals surface area contributed by atoms with Crippen LogP contribution in [0.4, 0.5) is 10.5 Å². The minimum absolute atomic E-state index is 0.00964. The number of ether oxygens (including phenoxy) is 1. The fourth-order valence-corrected chi connectivity index (χ4v) is 4.98. The number of carbonyl (C=O) groups is 3. The summed E-state index contributed by atoms with van der Waals surface area (Å²) in [4.78, 5) is 41.3. The lowest BCUT2D eigenvalue weighted by atomic mass is 9.94. The average molecular weight is 509 g/mol. The summed E-state index contributed by atoms with van der Waals surface area (Å²) in [5.74, 6) is 0.256. The number of hydrogen-bond donors (Lipinski definition) is 2. The minimum Gasteiger partial charge on any atom is -0.508 e. The molecule has 198 valence electrons. The van der Waals surface area contributed by atoms with Crippen LogP contribution in [0.1, 0.15) is 79.6 Å². The van der Waals surface area contributed by atoms with Gasteiger partial charge in [0, 0.05) is 31.5 Å². The van der Waals surface area contributed by atoms with Crippen LogP contribution in [0.25, 0.3) is 0 Å². The van der Waals surface area contributed by atoms with E-state index in [0.717, 1.165) is 23.2 Å². The largest absolute Gasteiger partial charge is 0.508 e. The van der Waals surface area contributed by atoms with E-state index in [9.17, 15) is 24.6 Å².